The van der Waals surface area contributed by atoms with Gasteiger partial charge in [-0.25, -0.2) is 0 Å². The van der Waals surface area contributed by atoms with Gasteiger partial charge in [0.15, 0.2) is 0 Å². The maximum absolute atomic E-state index is 12.5. The molecule has 23 heavy (non-hydrogen) atoms. The van der Waals surface area contributed by atoms with Gasteiger partial charge in [-0.15, -0.1) is 0 Å². The summed E-state index contributed by atoms with van der Waals surface area (Å²) in [6, 6.07) is 3.77. The second kappa shape index (κ2) is 7.56. The number of carboxylic acid groups (broad SMARTS) is 1. The van der Waals surface area contributed by atoms with Crippen molar-refractivity contribution in [3.05, 3.63) is 28.8 Å². The maximum Gasteiger partial charge on any atom is 0.387 e. The van der Waals surface area contributed by atoms with E-state index in [1.54, 1.807) is 0 Å². The van der Waals surface area contributed by atoms with E-state index in [4.69, 9.17) is 21.4 Å². The van der Waals surface area contributed by atoms with Crippen LogP contribution in [0.1, 0.15) is 16.8 Å². The number of hydrogen-bond acceptors (Lipinski definition) is 4. The molecule has 6 nitrogen and oxygen atoms in total. The van der Waals surface area contributed by atoms with Crippen molar-refractivity contribution < 1.29 is 33.0 Å². The summed E-state index contributed by atoms with van der Waals surface area (Å²) in [5, 5.41) is 8.98. The fourth-order valence-corrected chi connectivity index (χ4v) is 2.43. The number of halogens is 3. The van der Waals surface area contributed by atoms with Gasteiger partial charge in [0, 0.05) is 18.1 Å². The number of alkyl halides is 2. The number of hydrogen-bond donors (Lipinski definition) is 1. The number of ether oxygens (including phenoxy) is 2. The van der Waals surface area contributed by atoms with Gasteiger partial charge in [-0.3, -0.25) is 9.59 Å². The third kappa shape index (κ3) is 4.77. The molecule has 1 aromatic rings. The number of nitrogens with zero attached hydrogens (tertiary/aromatic N) is 1. The number of carboxylic acids is 1. The van der Waals surface area contributed by atoms with Gasteiger partial charge in [0.1, 0.15) is 5.75 Å². The molecule has 0 aromatic heterocycles. The van der Waals surface area contributed by atoms with E-state index in [-0.39, 0.29) is 42.5 Å². The number of carbonyl (C=O) groups is 2. The molecule has 9 heteroatoms. The molecule has 1 unspecified atom stereocenters. The molecular formula is C14H14ClF2NO5. The summed E-state index contributed by atoms with van der Waals surface area (Å²) in [6.45, 7) is -2.65. The summed E-state index contributed by atoms with van der Waals surface area (Å²) in [5.41, 5.74) is -0.103. The first kappa shape index (κ1) is 17.4. The Morgan fingerprint density at radius 3 is 2.87 bits per heavy atom. The molecule has 1 N–H and O–H groups in total. The normalized spacial score (nSPS) is 18.1. The Balaban J connectivity index is 2.18. The molecule has 0 radical (unpaired) electrons. The highest BCUT2D eigenvalue weighted by atomic mass is 35.5. The molecule has 1 aromatic carbocycles. The van der Waals surface area contributed by atoms with Crippen LogP contribution in [-0.4, -0.2) is 54.3 Å². The fourth-order valence-electron chi connectivity index (χ4n) is 2.26. The van der Waals surface area contributed by atoms with E-state index in [9.17, 15) is 18.4 Å². The first-order valence-electron chi connectivity index (χ1n) is 6.74. The highest BCUT2D eigenvalue weighted by Gasteiger charge is 2.28. The maximum atomic E-state index is 12.5. The molecule has 0 spiro atoms. The van der Waals surface area contributed by atoms with Crippen LogP contribution in [0.5, 0.6) is 5.75 Å². The van der Waals surface area contributed by atoms with Crippen LogP contribution in [0.15, 0.2) is 18.2 Å². The Labute approximate surface area is 135 Å². The Kier molecular flexibility index (Phi) is 5.73. The van der Waals surface area contributed by atoms with Crippen molar-refractivity contribution in [3.63, 3.8) is 0 Å². The molecular weight excluding hydrogens is 336 g/mol. The standard InChI is InChI=1S/C14H14ClF2NO5/c15-8-1-2-11(23-14(16)17)10(5-8)13(21)18-3-4-22-9(7-18)6-12(19)20/h1-2,5,9,14H,3-4,6-7H2,(H,19,20). The Morgan fingerprint density at radius 1 is 1.48 bits per heavy atom. The van der Waals surface area contributed by atoms with Gasteiger partial charge in [0.25, 0.3) is 5.91 Å². The molecule has 126 valence electrons. The minimum atomic E-state index is -3.08. The van der Waals surface area contributed by atoms with Crippen molar-refractivity contribution in [1.82, 2.24) is 4.90 Å². The lowest BCUT2D eigenvalue weighted by atomic mass is 10.1. The highest BCUT2D eigenvalue weighted by Crippen LogP contribution is 2.26. The zero-order valence-electron chi connectivity index (χ0n) is 11.9. The van der Waals surface area contributed by atoms with Crippen LogP contribution in [-0.2, 0) is 9.53 Å². The molecule has 1 aliphatic rings. The minimum Gasteiger partial charge on any atom is -0.481 e. The van der Waals surface area contributed by atoms with E-state index in [0.717, 1.165) is 0 Å². The highest BCUT2D eigenvalue weighted by molar-refractivity contribution is 6.31. The summed E-state index contributed by atoms with van der Waals surface area (Å²) >= 11 is 5.82. The molecule has 0 bridgehead atoms. The topological polar surface area (TPSA) is 76.1 Å². The number of aliphatic carboxylic acids is 1. The average Bonchev–Trinajstić information content (AvgIpc) is 2.47. The van der Waals surface area contributed by atoms with Crippen molar-refractivity contribution in [2.24, 2.45) is 0 Å². The van der Waals surface area contributed by atoms with Crippen molar-refractivity contribution in [2.75, 3.05) is 19.7 Å². The van der Waals surface area contributed by atoms with Crippen molar-refractivity contribution in [1.29, 1.82) is 0 Å². The summed E-state index contributed by atoms with van der Waals surface area (Å²) in [6.07, 6.45) is -0.899. The van der Waals surface area contributed by atoms with E-state index in [0.29, 0.717) is 0 Å². The van der Waals surface area contributed by atoms with Crippen molar-refractivity contribution in [2.45, 2.75) is 19.1 Å². The van der Waals surface area contributed by atoms with Gasteiger partial charge in [-0.2, -0.15) is 8.78 Å². The zero-order chi connectivity index (χ0) is 17.0. The molecule has 0 saturated carbocycles. The van der Waals surface area contributed by atoms with E-state index in [1.165, 1.54) is 23.1 Å². The molecule has 1 aliphatic heterocycles. The van der Waals surface area contributed by atoms with Crippen LogP contribution >= 0.6 is 11.6 Å². The number of amides is 1. The third-order valence-electron chi connectivity index (χ3n) is 3.22. The molecule has 1 heterocycles. The summed E-state index contributed by atoms with van der Waals surface area (Å²) in [7, 11) is 0. The van der Waals surface area contributed by atoms with E-state index < -0.39 is 24.6 Å². The van der Waals surface area contributed by atoms with E-state index in [1.807, 2.05) is 0 Å². The molecule has 1 saturated heterocycles. The lowest BCUT2D eigenvalue weighted by Gasteiger charge is -2.32. The van der Waals surface area contributed by atoms with Gasteiger partial charge in [-0.1, -0.05) is 11.6 Å². The lowest BCUT2D eigenvalue weighted by Crippen LogP contribution is -2.46. The first-order valence-corrected chi connectivity index (χ1v) is 7.11. The first-order chi connectivity index (χ1) is 10.9. The Morgan fingerprint density at radius 2 is 2.22 bits per heavy atom. The Hall–Kier alpha value is -1.93. The van der Waals surface area contributed by atoms with Crippen LogP contribution in [0.25, 0.3) is 0 Å². The third-order valence-corrected chi connectivity index (χ3v) is 3.45. The number of benzene rings is 1. The van der Waals surface area contributed by atoms with E-state index >= 15 is 0 Å². The van der Waals surface area contributed by atoms with Crippen molar-refractivity contribution in [3.8, 4) is 5.75 Å². The number of rotatable bonds is 5. The molecule has 1 amide bonds. The van der Waals surface area contributed by atoms with Crippen LogP contribution in [0.2, 0.25) is 5.02 Å². The second-order valence-corrected chi connectivity index (χ2v) is 5.30. The largest absolute Gasteiger partial charge is 0.481 e. The SMILES string of the molecule is O=C(O)CC1CN(C(=O)c2cc(Cl)ccc2OC(F)F)CCO1. The monoisotopic (exact) mass is 349 g/mol. The minimum absolute atomic E-state index is 0.0474. The van der Waals surface area contributed by atoms with Crippen LogP contribution in [0.4, 0.5) is 8.78 Å². The average molecular weight is 350 g/mol. The van der Waals surface area contributed by atoms with Crippen LogP contribution in [0, 0.1) is 0 Å². The predicted octanol–water partition coefficient (Wildman–Crippen LogP) is 2.26. The van der Waals surface area contributed by atoms with Crippen LogP contribution < -0.4 is 4.74 Å². The molecule has 1 fully saturated rings. The smallest absolute Gasteiger partial charge is 0.387 e. The Bertz CT molecular complexity index is 599. The second-order valence-electron chi connectivity index (χ2n) is 4.86. The van der Waals surface area contributed by atoms with Gasteiger partial charge in [0.2, 0.25) is 0 Å². The molecule has 1 atom stereocenters. The van der Waals surface area contributed by atoms with Crippen LogP contribution in [0.3, 0.4) is 0 Å². The summed E-state index contributed by atoms with van der Waals surface area (Å²) in [5.74, 6) is -1.90. The van der Waals surface area contributed by atoms with Gasteiger partial charge < -0.3 is 19.5 Å². The van der Waals surface area contributed by atoms with Crippen molar-refractivity contribution >= 4 is 23.5 Å². The zero-order valence-corrected chi connectivity index (χ0v) is 12.6. The van der Waals surface area contributed by atoms with E-state index in [2.05, 4.69) is 4.74 Å². The lowest BCUT2D eigenvalue weighted by molar-refractivity contribution is -0.141. The molecule has 2 rings (SSSR count). The quantitative estimate of drug-likeness (QED) is 0.882. The van der Waals surface area contributed by atoms with Gasteiger partial charge in [-0.05, 0) is 18.2 Å². The fraction of sp³-hybridized carbons (Fsp3) is 0.429. The summed E-state index contributed by atoms with van der Waals surface area (Å²) < 4.78 is 34.5. The number of morpholine rings is 1. The predicted molar refractivity (Wildman–Crippen MR) is 76.0 cm³/mol. The molecule has 0 aliphatic carbocycles. The number of carbonyl (C=O) groups excluding carboxylic acids is 1. The van der Waals surface area contributed by atoms with Gasteiger partial charge in [0.05, 0.1) is 24.7 Å². The van der Waals surface area contributed by atoms with Gasteiger partial charge >= 0.3 is 12.6 Å². The summed E-state index contributed by atoms with van der Waals surface area (Å²) in [4.78, 5) is 24.6.